The molecule has 0 aromatic heterocycles. The van der Waals surface area contributed by atoms with Gasteiger partial charge >= 0.3 is 0 Å². The minimum Gasteiger partial charge on any atom is -0.392 e. The van der Waals surface area contributed by atoms with Crippen molar-refractivity contribution >= 4 is 10.0 Å². The molecule has 0 heterocycles. The molecule has 18 heavy (non-hydrogen) atoms. The van der Waals surface area contributed by atoms with E-state index < -0.39 is 10.0 Å². The van der Waals surface area contributed by atoms with E-state index in [0.717, 1.165) is 24.0 Å². The molecule has 1 aromatic rings. The topological polar surface area (TPSA) is 57.6 Å². The first kappa shape index (κ1) is 13.5. The molecule has 1 fully saturated rings. The van der Waals surface area contributed by atoms with Crippen LogP contribution >= 0.6 is 0 Å². The Balaban J connectivity index is 2.01. The van der Waals surface area contributed by atoms with Gasteiger partial charge in [-0.3, -0.25) is 0 Å². The molecule has 0 aliphatic heterocycles. The summed E-state index contributed by atoms with van der Waals surface area (Å²) in [7, 11) is -1.57. The van der Waals surface area contributed by atoms with Gasteiger partial charge in [-0.1, -0.05) is 24.3 Å². The van der Waals surface area contributed by atoms with E-state index in [9.17, 15) is 8.42 Å². The molecule has 0 amide bonds. The molecule has 1 aromatic carbocycles. The van der Waals surface area contributed by atoms with Crippen LogP contribution in [0.5, 0.6) is 0 Å². The standard InChI is InChI=1S/C13H19NO3S/c1-14(8-11-2-3-11)18(16,17)10-13-6-4-12(9-15)5-7-13/h4-7,11,15H,2-3,8-10H2,1H3. The molecule has 0 unspecified atom stereocenters. The van der Waals surface area contributed by atoms with Gasteiger partial charge in [-0.2, -0.15) is 0 Å². The smallest absolute Gasteiger partial charge is 0.218 e. The van der Waals surface area contributed by atoms with E-state index in [1.807, 2.05) is 0 Å². The zero-order chi connectivity index (χ0) is 13.2. The van der Waals surface area contributed by atoms with Crippen LogP contribution in [0.3, 0.4) is 0 Å². The molecule has 100 valence electrons. The molecular weight excluding hydrogens is 250 g/mol. The van der Waals surface area contributed by atoms with Crippen molar-refractivity contribution in [2.24, 2.45) is 5.92 Å². The maximum Gasteiger partial charge on any atom is 0.218 e. The summed E-state index contributed by atoms with van der Waals surface area (Å²) in [5.41, 5.74) is 1.55. The molecule has 5 heteroatoms. The van der Waals surface area contributed by atoms with E-state index in [4.69, 9.17) is 5.11 Å². The molecule has 0 spiro atoms. The number of hydrogen-bond acceptors (Lipinski definition) is 3. The summed E-state index contributed by atoms with van der Waals surface area (Å²) in [6, 6.07) is 7.03. The van der Waals surface area contributed by atoms with Gasteiger partial charge in [-0.25, -0.2) is 12.7 Å². The zero-order valence-corrected chi connectivity index (χ0v) is 11.4. The van der Waals surface area contributed by atoms with Crippen LogP contribution in [-0.2, 0) is 22.4 Å². The maximum absolute atomic E-state index is 12.1. The van der Waals surface area contributed by atoms with Gasteiger partial charge in [0.25, 0.3) is 0 Å². The van der Waals surface area contributed by atoms with Crippen molar-refractivity contribution in [1.82, 2.24) is 4.31 Å². The van der Waals surface area contributed by atoms with Crippen molar-refractivity contribution in [1.29, 1.82) is 0 Å². The maximum atomic E-state index is 12.1. The van der Waals surface area contributed by atoms with E-state index in [1.54, 1.807) is 31.3 Å². The van der Waals surface area contributed by atoms with Crippen LogP contribution < -0.4 is 0 Å². The van der Waals surface area contributed by atoms with E-state index in [1.165, 1.54) is 4.31 Å². The minimum absolute atomic E-state index is 0.0192. The van der Waals surface area contributed by atoms with Gasteiger partial charge in [-0.05, 0) is 29.9 Å². The number of aliphatic hydroxyl groups excluding tert-OH is 1. The average molecular weight is 269 g/mol. The zero-order valence-electron chi connectivity index (χ0n) is 10.5. The molecule has 2 rings (SSSR count). The molecule has 0 bridgehead atoms. The second-order valence-electron chi connectivity index (χ2n) is 4.95. The fourth-order valence-electron chi connectivity index (χ4n) is 1.84. The van der Waals surface area contributed by atoms with Gasteiger partial charge in [-0.15, -0.1) is 0 Å². The Labute approximate surface area is 108 Å². The average Bonchev–Trinajstić information content (AvgIpc) is 3.13. The van der Waals surface area contributed by atoms with Gasteiger partial charge in [0.05, 0.1) is 12.4 Å². The van der Waals surface area contributed by atoms with Crippen molar-refractivity contribution < 1.29 is 13.5 Å². The number of hydrogen-bond donors (Lipinski definition) is 1. The van der Waals surface area contributed by atoms with E-state index in [0.29, 0.717) is 12.5 Å². The molecule has 1 N–H and O–H groups in total. The number of sulfonamides is 1. The lowest BCUT2D eigenvalue weighted by molar-refractivity contribution is 0.282. The number of rotatable bonds is 6. The van der Waals surface area contributed by atoms with Gasteiger partial charge in [0.1, 0.15) is 0 Å². The van der Waals surface area contributed by atoms with Gasteiger partial charge < -0.3 is 5.11 Å². The summed E-state index contributed by atoms with van der Waals surface area (Å²) in [4.78, 5) is 0. The minimum atomic E-state index is -3.22. The third kappa shape index (κ3) is 3.54. The Bertz CT molecular complexity index is 491. The molecule has 1 aliphatic rings. The highest BCUT2D eigenvalue weighted by Crippen LogP contribution is 2.30. The van der Waals surface area contributed by atoms with Crippen molar-refractivity contribution in [3.63, 3.8) is 0 Å². The van der Waals surface area contributed by atoms with Crippen LogP contribution in [0.4, 0.5) is 0 Å². The van der Waals surface area contributed by atoms with Crippen LogP contribution in [0.1, 0.15) is 24.0 Å². The highest BCUT2D eigenvalue weighted by molar-refractivity contribution is 7.88. The van der Waals surface area contributed by atoms with E-state index in [-0.39, 0.29) is 12.4 Å². The molecular formula is C13H19NO3S. The molecule has 0 radical (unpaired) electrons. The van der Waals surface area contributed by atoms with Crippen LogP contribution in [-0.4, -0.2) is 31.4 Å². The van der Waals surface area contributed by atoms with Crippen LogP contribution in [0.15, 0.2) is 24.3 Å². The number of benzene rings is 1. The Morgan fingerprint density at radius 3 is 2.28 bits per heavy atom. The van der Waals surface area contributed by atoms with Crippen LogP contribution in [0.2, 0.25) is 0 Å². The van der Waals surface area contributed by atoms with Gasteiger partial charge in [0.2, 0.25) is 10.0 Å². The quantitative estimate of drug-likeness (QED) is 0.848. The van der Waals surface area contributed by atoms with Gasteiger partial charge in [0.15, 0.2) is 0 Å². The summed E-state index contributed by atoms with van der Waals surface area (Å²) in [5, 5.41) is 8.93. The Hall–Kier alpha value is -0.910. The van der Waals surface area contributed by atoms with E-state index in [2.05, 4.69) is 0 Å². The molecule has 1 aliphatic carbocycles. The summed E-state index contributed by atoms with van der Waals surface area (Å²) >= 11 is 0. The Morgan fingerprint density at radius 1 is 1.22 bits per heavy atom. The lowest BCUT2D eigenvalue weighted by atomic mass is 10.2. The summed E-state index contributed by atoms with van der Waals surface area (Å²) in [5.74, 6) is 0.587. The van der Waals surface area contributed by atoms with Crippen molar-refractivity contribution in [2.75, 3.05) is 13.6 Å². The molecule has 1 saturated carbocycles. The van der Waals surface area contributed by atoms with Crippen molar-refractivity contribution in [3.05, 3.63) is 35.4 Å². The summed E-state index contributed by atoms with van der Waals surface area (Å²) in [6.45, 7) is 0.617. The van der Waals surface area contributed by atoms with Crippen LogP contribution in [0, 0.1) is 5.92 Å². The first-order valence-corrected chi connectivity index (χ1v) is 7.75. The summed E-state index contributed by atoms with van der Waals surface area (Å²) in [6.07, 6.45) is 2.29. The lowest BCUT2D eigenvalue weighted by Gasteiger charge is -2.16. The second kappa shape index (κ2) is 5.38. The molecule has 0 atom stereocenters. The lowest BCUT2D eigenvalue weighted by Crippen LogP contribution is -2.30. The number of aliphatic hydroxyl groups is 1. The third-order valence-corrected chi connectivity index (χ3v) is 5.04. The number of nitrogens with zero attached hydrogens (tertiary/aromatic N) is 1. The Kier molecular flexibility index (Phi) is 4.04. The highest BCUT2D eigenvalue weighted by atomic mass is 32.2. The SMILES string of the molecule is CN(CC1CC1)S(=O)(=O)Cc1ccc(CO)cc1. The Morgan fingerprint density at radius 2 is 1.78 bits per heavy atom. The normalized spacial score (nSPS) is 16.2. The highest BCUT2D eigenvalue weighted by Gasteiger charge is 2.28. The largest absolute Gasteiger partial charge is 0.392 e. The fraction of sp³-hybridized carbons (Fsp3) is 0.538. The predicted octanol–water partition coefficient (Wildman–Crippen LogP) is 1.35. The molecule has 4 nitrogen and oxygen atoms in total. The predicted molar refractivity (Wildman–Crippen MR) is 70.3 cm³/mol. The first-order valence-electron chi connectivity index (χ1n) is 6.14. The summed E-state index contributed by atoms with van der Waals surface area (Å²) < 4.78 is 25.7. The van der Waals surface area contributed by atoms with Crippen molar-refractivity contribution in [2.45, 2.75) is 25.2 Å². The second-order valence-corrected chi connectivity index (χ2v) is 7.03. The van der Waals surface area contributed by atoms with Crippen molar-refractivity contribution in [3.8, 4) is 0 Å². The van der Waals surface area contributed by atoms with Gasteiger partial charge in [0, 0.05) is 13.6 Å². The monoisotopic (exact) mass is 269 g/mol. The molecule has 0 saturated heterocycles. The van der Waals surface area contributed by atoms with Crippen LogP contribution in [0.25, 0.3) is 0 Å². The first-order chi connectivity index (χ1) is 8.51. The van der Waals surface area contributed by atoms with E-state index >= 15 is 0 Å². The fourth-order valence-corrected chi connectivity index (χ4v) is 3.11. The third-order valence-electron chi connectivity index (χ3n) is 3.24.